The van der Waals surface area contributed by atoms with Crippen molar-refractivity contribution in [3.63, 3.8) is 0 Å². The molecule has 1 aromatic heterocycles. The highest BCUT2D eigenvalue weighted by molar-refractivity contribution is 6.30. The highest BCUT2D eigenvalue weighted by atomic mass is 35.5. The van der Waals surface area contributed by atoms with Crippen LogP contribution in [0.3, 0.4) is 0 Å². The highest BCUT2D eigenvalue weighted by Crippen LogP contribution is 2.26. The molecule has 1 amide bonds. The second kappa shape index (κ2) is 6.75. The van der Waals surface area contributed by atoms with Crippen molar-refractivity contribution in [1.82, 2.24) is 10.3 Å². The van der Waals surface area contributed by atoms with Crippen molar-refractivity contribution in [2.24, 2.45) is 5.92 Å². The Bertz CT molecular complexity index is 743. The van der Waals surface area contributed by atoms with Crippen molar-refractivity contribution in [1.29, 1.82) is 0 Å². The van der Waals surface area contributed by atoms with Gasteiger partial charge in [0.1, 0.15) is 5.82 Å². The van der Waals surface area contributed by atoms with E-state index >= 15 is 0 Å². The first-order chi connectivity index (χ1) is 10.4. The molecule has 0 saturated carbocycles. The minimum atomic E-state index is -0.524. The van der Waals surface area contributed by atoms with Crippen LogP contribution in [-0.4, -0.2) is 10.9 Å². The van der Waals surface area contributed by atoms with Gasteiger partial charge in [0.05, 0.1) is 6.04 Å². The lowest BCUT2D eigenvalue weighted by atomic mass is 9.95. The number of carbonyl (C=O) groups excluding carboxylic acids is 1. The second-order valence-corrected chi connectivity index (χ2v) is 5.74. The minimum Gasteiger partial charge on any atom is -0.345 e. The Hall–Kier alpha value is -2.14. The molecule has 1 atom stereocenters. The third kappa shape index (κ3) is 3.74. The minimum absolute atomic E-state index is 0.0402. The van der Waals surface area contributed by atoms with Crippen LogP contribution in [0.2, 0.25) is 5.02 Å². The van der Waals surface area contributed by atoms with Crippen LogP contribution in [0.5, 0.6) is 0 Å². The number of aromatic amines is 1. The van der Waals surface area contributed by atoms with E-state index in [-0.39, 0.29) is 17.0 Å². The maximum absolute atomic E-state index is 14.1. The molecule has 1 heterocycles. The molecule has 6 heteroatoms. The number of rotatable bonds is 4. The average molecular weight is 323 g/mol. The van der Waals surface area contributed by atoms with Gasteiger partial charge in [-0.15, -0.1) is 0 Å². The predicted molar refractivity (Wildman–Crippen MR) is 83.5 cm³/mol. The van der Waals surface area contributed by atoms with Gasteiger partial charge in [-0.1, -0.05) is 31.5 Å². The summed E-state index contributed by atoms with van der Waals surface area (Å²) >= 11 is 5.75. The monoisotopic (exact) mass is 322 g/mol. The highest BCUT2D eigenvalue weighted by Gasteiger charge is 2.22. The van der Waals surface area contributed by atoms with E-state index in [0.29, 0.717) is 10.6 Å². The Kier molecular flexibility index (Phi) is 4.98. The van der Waals surface area contributed by atoms with Crippen LogP contribution in [0.15, 0.2) is 41.3 Å². The maximum atomic E-state index is 14.1. The molecular weight excluding hydrogens is 307 g/mol. The van der Waals surface area contributed by atoms with E-state index in [1.807, 2.05) is 13.8 Å². The van der Waals surface area contributed by atoms with Gasteiger partial charge in [0.15, 0.2) is 0 Å². The predicted octanol–water partition coefficient (Wildman–Crippen LogP) is 3.29. The first-order valence-corrected chi connectivity index (χ1v) is 7.21. The van der Waals surface area contributed by atoms with Crippen LogP contribution in [0.25, 0.3) is 0 Å². The molecule has 0 fully saturated rings. The molecule has 1 unspecified atom stereocenters. The van der Waals surface area contributed by atoms with Gasteiger partial charge in [0.25, 0.3) is 5.91 Å². The van der Waals surface area contributed by atoms with E-state index in [1.54, 1.807) is 12.1 Å². The van der Waals surface area contributed by atoms with E-state index in [4.69, 9.17) is 11.6 Å². The van der Waals surface area contributed by atoms with Crippen molar-refractivity contribution < 1.29 is 9.18 Å². The van der Waals surface area contributed by atoms with Crippen LogP contribution in [-0.2, 0) is 0 Å². The molecule has 0 saturated heterocycles. The summed E-state index contributed by atoms with van der Waals surface area (Å²) in [4.78, 5) is 26.0. The van der Waals surface area contributed by atoms with Crippen molar-refractivity contribution in [2.75, 3.05) is 0 Å². The van der Waals surface area contributed by atoms with Crippen LogP contribution >= 0.6 is 11.6 Å². The number of aromatic nitrogens is 1. The third-order valence-corrected chi connectivity index (χ3v) is 3.52. The van der Waals surface area contributed by atoms with Crippen molar-refractivity contribution in [2.45, 2.75) is 19.9 Å². The normalized spacial score (nSPS) is 12.2. The Morgan fingerprint density at radius 3 is 2.59 bits per heavy atom. The molecule has 0 aliphatic carbocycles. The van der Waals surface area contributed by atoms with Gasteiger partial charge in [-0.25, -0.2) is 4.39 Å². The van der Waals surface area contributed by atoms with Gasteiger partial charge in [-0.3, -0.25) is 9.59 Å². The third-order valence-electron chi connectivity index (χ3n) is 3.29. The number of H-pyrrole nitrogens is 1. The molecule has 2 aromatic rings. The zero-order valence-electron chi connectivity index (χ0n) is 12.2. The van der Waals surface area contributed by atoms with Gasteiger partial charge >= 0.3 is 0 Å². The van der Waals surface area contributed by atoms with Crippen molar-refractivity contribution in [3.8, 4) is 0 Å². The van der Waals surface area contributed by atoms with E-state index < -0.39 is 17.8 Å². The van der Waals surface area contributed by atoms with Gasteiger partial charge in [-0.05, 0) is 24.1 Å². The summed E-state index contributed by atoms with van der Waals surface area (Å²) in [5.74, 6) is -0.946. The summed E-state index contributed by atoms with van der Waals surface area (Å²) in [6, 6.07) is 6.52. The molecule has 1 aromatic carbocycles. The van der Waals surface area contributed by atoms with Crippen LogP contribution < -0.4 is 10.9 Å². The number of hydrogen-bond donors (Lipinski definition) is 2. The van der Waals surface area contributed by atoms with Crippen molar-refractivity contribution >= 4 is 17.5 Å². The Balaban J connectivity index is 2.29. The van der Waals surface area contributed by atoms with Gasteiger partial charge in [0, 0.05) is 28.4 Å². The Morgan fingerprint density at radius 2 is 2.00 bits per heavy atom. The zero-order chi connectivity index (χ0) is 16.3. The molecular formula is C16H16ClFN2O2. The fourth-order valence-electron chi connectivity index (χ4n) is 2.17. The zero-order valence-corrected chi connectivity index (χ0v) is 12.9. The van der Waals surface area contributed by atoms with Crippen molar-refractivity contribution in [3.05, 3.63) is 68.8 Å². The lowest BCUT2D eigenvalue weighted by molar-refractivity contribution is 0.0924. The molecule has 2 rings (SSSR count). The summed E-state index contributed by atoms with van der Waals surface area (Å²) in [6.07, 6.45) is 1.39. The number of halogens is 2. The molecule has 0 aliphatic rings. The van der Waals surface area contributed by atoms with Crippen LogP contribution in [0, 0.1) is 11.7 Å². The number of amides is 1. The van der Waals surface area contributed by atoms with E-state index in [1.165, 1.54) is 24.4 Å². The molecule has 4 nitrogen and oxygen atoms in total. The molecule has 2 N–H and O–H groups in total. The molecule has 116 valence electrons. The van der Waals surface area contributed by atoms with E-state index in [9.17, 15) is 14.0 Å². The lowest BCUT2D eigenvalue weighted by Gasteiger charge is -2.23. The lowest BCUT2D eigenvalue weighted by Crippen LogP contribution is -2.32. The summed E-state index contributed by atoms with van der Waals surface area (Å²) in [5, 5.41) is 3.06. The molecule has 0 aliphatic heterocycles. The maximum Gasteiger partial charge on any atom is 0.252 e. The quantitative estimate of drug-likeness (QED) is 0.907. The number of hydrogen-bond acceptors (Lipinski definition) is 2. The largest absolute Gasteiger partial charge is 0.345 e. The van der Waals surface area contributed by atoms with Gasteiger partial charge in [-0.2, -0.15) is 0 Å². The van der Waals surface area contributed by atoms with E-state index in [0.717, 1.165) is 0 Å². The Labute approximate surface area is 132 Å². The van der Waals surface area contributed by atoms with Crippen LogP contribution in [0.4, 0.5) is 4.39 Å². The van der Waals surface area contributed by atoms with Gasteiger partial charge in [0.2, 0.25) is 5.56 Å². The number of benzene rings is 1. The first-order valence-electron chi connectivity index (χ1n) is 6.83. The Morgan fingerprint density at radius 1 is 1.27 bits per heavy atom. The summed E-state index contributed by atoms with van der Waals surface area (Å²) in [5.41, 5.74) is 0.216. The number of pyridine rings is 1. The molecule has 0 bridgehead atoms. The molecule has 0 spiro atoms. The number of nitrogens with one attached hydrogen (secondary N) is 2. The summed E-state index contributed by atoms with van der Waals surface area (Å²) in [6.45, 7) is 3.74. The SMILES string of the molecule is CC(C)C(NC(=O)c1cc[nH]c(=O)c1)c1ccc(Cl)cc1F. The number of carbonyl (C=O) groups is 1. The fraction of sp³-hybridized carbons (Fsp3) is 0.250. The first kappa shape index (κ1) is 16.2. The smallest absolute Gasteiger partial charge is 0.252 e. The summed E-state index contributed by atoms with van der Waals surface area (Å²) in [7, 11) is 0. The van der Waals surface area contributed by atoms with Crippen LogP contribution in [0.1, 0.15) is 35.8 Å². The second-order valence-electron chi connectivity index (χ2n) is 5.30. The topological polar surface area (TPSA) is 62.0 Å². The standard InChI is InChI=1S/C16H16ClFN2O2/c1-9(2)15(12-4-3-11(17)8-13(12)18)20-16(22)10-5-6-19-14(21)7-10/h3-9,15H,1-2H3,(H,19,21)(H,20,22). The molecule has 0 radical (unpaired) electrons. The summed E-state index contributed by atoms with van der Waals surface area (Å²) < 4.78 is 14.1. The fourth-order valence-corrected chi connectivity index (χ4v) is 2.33. The average Bonchev–Trinajstić information content (AvgIpc) is 2.45. The van der Waals surface area contributed by atoms with E-state index in [2.05, 4.69) is 10.3 Å². The van der Waals surface area contributed by atoms with Gasteiger partial charge < -0.3 is 10.3 Å². The molecule has 22 heavy (non-hydrogen) atoms.